The molecule has 12 heavy (non-hydrogen) atoms. The van der Waals surface area contributed by atoms with Gasteiger partial charge in [-0.3, -0.25) is 0 Å². The second-order valence-corrected chi connectivity index (χ2v) is 8.94. The van der Waals surface area contributed by atoms with E-state index in [1.54, 1.807) is 0 Å². The van der Waals surface area contributed by atoms with Gasteiger partial charge >= 0.3 is 75.5 Å². The minimum atomic E-state index is -1.30. The topological polar surface area (TPSA) is 12.5 Å². The van der Waals surface area contributed by atoms with Gasteiger partial charge < -0.3 is 0 Å². The summed E-state index contributed by atoms with van der Waals surface area (Å²) in [4.78, 5) is 2.58. The van der Waals surface area contributed by atoms with Crippen molar-refractivity contribution < 1.29 is 4.44 Å². The molecule has 3 fully saturated rings. The molecule has 0 aromatic heterocycles. The van der Waals surface area contributed by atoms with Crippen LogP contribution in [0, 0.1) is 0 Å². The first-order valence-electron chi connectivity index (χ1n) is 4.97. The van der Waals surface area contributed by atoms with Crippen molar-refractivity contribution in [2.75, 3.05) is 0 Å². The second kappa shape index (κ2) is 2.46. The summed E-state index contributed by atoms with van der Waals surface area (Å²) in [7, 11) is -1.30. The number of nitrogens with zero attached hydrogens (tertiary/aromatic N) is 1. The van der Waals surface area contributed by atoms with Crippen molar-refractivity contribution in [3.8, 4) is 0 Å². The third-order valence-corrected chi connectivity index (χ3v) is 9.43. The molecule has 0 aromatic carbocycles. The van der Waals surface area contributed by atoms with Crippen molar-refractivity contribution in [2.45, 2.75) is 51.8 Å². The molecule has 3 atom stereocenters. The summed E-state index contributed by atoms with van der Waals surface area (Å²) in [5, 5.41) is 0. The maximum atomic E-state index is 6.17. The molecule has 0 spiro atoms. The summed E-state index contributed by atoms with van der Waals surface area (Å²) in [6, 6.07) is 0. The van der Waals surface area contributed by atoms with Crippen LogP contribution in [0.25, 0.3) is 0 Å². The SMILES string of the molecule is CB(C)O[PH]12C(C)N(C1C)C2C. The Morgan fingerprint density at radius 3 is 1.67 bits per heavy atom. The average molecular weight is 187 g/mol. The fourth-order valence-electron chi connectivity index (χ4n) is 3.21. The Labute approximate surface area is 76.2 Å². The summed E-state index contributed by atoms with van der Waals surface area (Å²) in [5.74, 6) is 2.35. The van der Waals surface area contributed by atoms with Gasteiger partial charge in [0.1, 0.15) is 0 Å². The third-order valence-electron chi connectivity index (χ3n) is 3.74. The Morgan fingerprint density at radius 1 is 1.08 bits per heavy atom. The molecule has 4 heteroatoms. The molecule has 2 nitrogen and oxygen atoms in total. The Balaban J connectivity index is 2.09. The molecule has 2 bridgehead atoms. The first kappa shape index (κ1) is 8.99. The monoisotopic (exact) mass is 187 g/mol. The maximum absolute atomic E-state index is 6.17. The van der Waals surface area contributed by atoms with Crippen molar-refractivity contribution in [2.24, 2.45) is 0 Å². The van der Waals surface area contributed by atoms with Gasteiger partial charge in [-0.1, -0.05) is 0 Å². The first-order valence-corrected chi connectivity index (χ1v) is 7.11. The Hall–Kier alpha value is 0.415. The summed E-state index contributed by atoms with van der Waals surface area (Å²) in [6.45, 7) is 11.7. The van der Waals surface area contributed by atoms with Crippen LogP contribution in [0.5, 0.6) is 0 Å². The van der Waals surface area contributed by atoms with E-state index in [0.717, 1.165) is 17.3 Å². The molecule has 70 valence electrons. The van der Waals surface area contributed by atoms with E-state index < -0.39 is 7.49 Å². The average Bonchev–Trinajstić information content (AvgIpc) is 2.03. The van der Waals surface area contributed by atoms with Gasteiger partial charge in [0.15, 0.2) is 0 Å². The quantitative estimate of drug-likeness (QED) is 0.485. The molecule has 0 amide bonds. The Bertz CT molecular complexity index is 185. The summed E-state index contributed by atoms with van der Waals surface area (Å²) in [6.07, 6.45) is 0. The van der Waals surface area contributed by atoms with Crippen LogP contribution in [0.1, 0.15) is 20.8 Å². The van der Waals surface area contributed by atoms with Gasteiger partial charge in [0.05, 0.1) is 0 Å². The van der Waals surface area contributed by atoms with E-state index in [0.29, 0.717) is 6.92 Å². The number of rotatable bonds is 2. The summed E-state index contributed by atoms with van der Waals surface area (Å²) in [5.41, 5.74) is 0. The minimum absolute atomic E-state index is 0.423. The van der Waals surface area contributed by atoms with Crippen molar-refractivity contribution in [3.63, 3.8) is 0 Å². The summed E-state index contributed by atoms with van der Waals surface area (Å²) >= 11 is 0. The van der Waals surface area contributed by atoms with Gasteiger partial charge in [-0.05, 0) is 0 Å². The zero-order valence-electron chi connectivity index (χ0n) is 8.66. The predicted molar refractivity (Wildman–Crippen MR) is 57.1 cm³/mol. The van der Waals surface area contributed by atoms with E-state index in [-0.39, 0.29) is 0 Å². The standard InChI is InChI=1S/C8H19BNOP/c1-6-10-7(2)12(6,8(10)3)11-9(4)5/h6-8,12H,1-5H3. The van der Waals surface area contributed by atoms with Crippen molar-refractivity contribution >= 4 is 14.4 Å². The zero-order valence-corrected chi connectivity index (χ0v) is 9.66. The second-order valence-electron chi connectivity index (χ2n) is 4.50. The zero-order chi connectivity index (χ0) is 9.09. The van der Waals surface area contributed by atoms with Gasteiger partial charge in [-0.15, -0.1) is 0 Å². The van der Waals surface area contributed by atoms with Crippen molar-refractivity contribution in [3.05, 3.63) is 0 Å². The molecule has 3 heterocycles. The van der Waals surface area contributed by atoms with Gasteiger partial charge in [0.2, 0.25) is 0 Å². The third kappa shape index (κ3) is 0.736. The van der Waals surface area contributed by atoms with E-state index in [1.807, 2.05) is 0 Å². The Kier molecular flexibility index (Phi) is 1.85. The van der Waals surface area contributed by atoms with Crippen LogP contribution < -0.4 is 0 Å². The van der Waals surface area contributed by atoms with Crippen molar-refractivity contribution in [1.29, 1.82) is 0 Å². The van der Waals surface area contributed by atoms with Gasteiger partial charge in [-0.2, -0.15) is 0 Å². The fourth-order valence-corrected chi connectivity index (χ4v) is 8.73. The molecule has 3 rings (SSSR count). The van der Waals surface area contributed by atoms with Crippen LogP contribution in [0.2, 0.25) is 13.6 Å². The molecule has 0 N–H and O–H groups in total. The summed E-state index contributed by atoms with van der Waals surface area (Å²) < 4.78 is 6.17. The predicted octanol–water partition coefficient (Wildman–Crippen LogP) is 2.29. The fraction of sp³-hybridized carbons (Fsp3) is 1.00. The van der Waals surface area contributed by atoms with Gasteiger partial charge in [0, 0.05) is 0 Å². The molecule has 0 aliphatic carbocycles. The van der Waals surface area contributed by atoms with Crippen LogP contribution in [0.4, 0.5) is 0 Å². The van der Waals surface area contributed by atoms with Crippen LogP contribution in [0.3, 0.4) is 0 Å². The van der Waals surface area contributed by atoms with E-state index in [9.17, 15) is 0 Å². The van der Waals surface area contributed by atoms with Gasteiger partial charge in [-0.25, -0.2) is 0 Å². The molecule has 0 aromatic rings. The molecule has 3 unspecified atom stereocenters. The molecular weight excluding hydrogens is 168 g/mol. The van der Waals surface area contributed by atoms with Crippen LogP contribution >= 0.6 is 7.49 Å². The first-order chi connectivity index (χ1) is 5.51. The van der Waals surface area contributed by atoms with E-state index >= 15 is 0 Å². The molecule has 0 radical (unpaired) electrons. The molecular formula is C8H19BNOP. The van der Waals surface area contributed by atoms with Crippen LogP contribution in [-0.4, -0.2) is 29.2 Å². The molecule has 0 saturated carbocycles. The normalized spacial score (nSPS) is 50.4. The van der Waals surface area contributed by atoms with E-state index in [2.05, 4.69) is 39.3 Å². The Morgan fingerprint density at radius 2 is 1.50 bits per heavy atom. The molecule has 3 saturated heterocycles. The number of hydrogen-bond donors (Lipinski definition) is 0. The molecule has 3 aliphatic rings. The number of hydrogen-bond acceptors (Lipinski definition) is 2. The molecule has 3 aliphatic heterocycles. The van der Waals surface area contributed by atoms with Crippen molar-refractivity contribution in [1.82, 2.24) is 4.90 Å². The van der Waals surface area contributed by atoms with Gasteiger partial charge in [0.25, 0.3) is 0 Å². The van der Waals surface area contributed by atoms with Crippen LogP contribution in [-0.2, 0) is 4.44 Å². The van der Waals surface area contributed by atoms with E-state index in [1.165, 1.54) is 0 Å². The van der Waals surface area contributed by atoms with E-state index in [4.69, 9.17) is 4.44 Å². The van der Waals surface area contributed by atoms with Crippen LogP contribution in [0.15, 0.2) is 0 Å².